The average Bonchev–Trinajstić information content (AvgIpc) is 3.41. The van der Waals surface area contributed by atoms with Crippen molar-refractivity contribution in [3.05, 3.63) is 77.0 Å². The summed E-state index contributed by atoms with van der Waals surface area (Å²) in [6, 6.07) is 17.2. The van der Waals surface area contributed by atoms with E-state index in [4.69, 9.17) is 4.99 Å². The number of hydrogen-bond donors (Lipinski definition) is 1. The molecular formula is C29H35F2N5. The number of guanidine groups is 1. The molecule has 7 heteroatoms. The average molecular weight is 492 g/mol. The van der Waals surface area contributed by atoms with E-state index in [9.17, 15) is 8.78 Å². The van der Waals surface area contributed by atoms with Crippen molar-refractivity contribution in [1.82, 2.24) is 9.47 Å². The van der Waals surface area contributed by atoms with E-state index in [-0.39, 0.29) is 11.6 Å². The minimum absolute atomic E-state index is 0.0377. The number of hydrogen-bond acceptors (Lipinski definition) is 4. The summed E-state index contributed by atoms with van der Waals surface area (Å²) in [7, 11) is 2.11. The molecule has 0 fully saturated rings. The van der Waals surface area contributed by atoms with Crippen LogP contribution in [0.25, 0.3) is 0 Å². The zero-order valence-corrected chi connectivity index (χ0v) is 21.7. The van der Waals surface area contributed by atoms with Gasteiger partial charge in [-0.3, -0.25) is 0 Å². The Hall–Kier alpha value is -3.35. The van der Waals surface area contributed by atoms with Crippen LogP contribution in [0, 0.1) is 5.92 Å². The number of rotatable bonds is 7. The Morgan fingerprint density at radius 1 is 1.08 bits per heavy atom. The highest BCUT2D eigenvalue weighted by molar-refractivity contribution is 6.02. The fourth-order valence-corrected chi connectivity index (χ4v) is 5.29. The summed E-state index contributed by atoms with van der Waals surface area (Å²) in [5, 5.41) is 3.70. The quantitative estimate of drug-likeness (QED) is 0.404. The van der Waals surface area contributed by atoms with Crippen LogP contribution < -0.4 is 10.2 Å². The van der Waals surface area contributed by atoms with Crippen LogP contribution in [-0.4, -0.2) is 35.1 Å². The highest BCUT2D eigenvalue weighted by atomic mass is 19.3. The Kier molecular flexibility index (Phi) is 6.27. The normalized spacial score (nSPS) is 17.3. The molecule has 3 aromatic rings. The van der Waals surface area contributed by atoms with Crippen LogP contribution in [0.5, 0.6) is 0 Å². The van der Waals surface area contributed by atoms with Gasteiger partial charge in [0, 0.05) is 49.6 Å². The van der Waals surface area contributed by atoms with Crippen LogP contribution in [-0.2, 0) is 25.4 Å². The van der Waals surface area contributed by atoms with Crippen molar-refractivity contribution in [3.63, 3.8) is 0 Å². The Morgan fingerprint density at radius 3 is 2.39 bits per heavy atom. The maximum absolute atomic E-state index is 13.8. The lowest BCUT2D eigenvalue weighted by molar-refractivity contribution is 0.0174. The summed E-state index contributed by atoms with van der Waals surface area (Å²) >= 11 is 0. The minimum Gasteiger partial charge on any atom is -0.341 e. The first kappa shape index (κ1) is 24.3. The van der Waals surface area contributed by atoms with E-state index < -0.39 is 5.92 Å². The molecule has 1 aromatic heterocycles. The van der Waals surface area contributed by atoms with E-state index in [1.54, 1.807) is 12.1 Å². The standard InChI is InChI=1S/C29H35F2N5/c1-6-25-26-23(17-34(5)28-33-24(19(2)3)18-36(26)28)27(32-22-10-8-7-9-11-22)35(25)16-20-12-14-21(15-13-20)29(4,30)31/h7-15,19,24,32H,6,16-18H2,1-5H3/t24-/m0/s1. The number of alkyl halides is 2. The molecule has 0 saturated heterocycles. The van der Waals surface area contributed by atoms with Crippen LogP contribution in [0.2, 0.25) is 0 Å². The van der Waals surface area contributed by atoms with E-state index in [1.165, 1.54) is 16.9 Å². The molecule has 3 heterocycles. The molecular weight excluding hydrogens is 456 g/mol. The van der Waals surface area contributed by atoms with Gasteiger partial charge in [0.05, 0.1) is 18.3 Å². The molecule has 0 unspecified atom stereocenters. The predicted molar refractivity (Wildman–Crippen MR) is 144 cm³/mol. The summed E-state index contributed by atoms with van der Waals surface area (Å²) < 4.78 is 29.9. The molecule has 5 nitrogen and oxygen atoms in total. The lowest BCUT2D eigenvalue weighted by Gasteiger charge is -2.34. The molecule has 2 aromatic carbocycles. The highest BCUT2D eigenvalue weighted by Gasteiger charge is 2.39. The summed E-state index contributed by atoms with van der Waals surface area (Å²) in [5.41, 5.74) is 5.77. The molecule has 0 aliphatic carbocycles. The van der Waals surface area contributed by atoms with E-state index in [1.807, 2.05) is 30.3 Å². The molecule has 36 heavy (non-hydrogen) atoms. The number of nitrogens with one attached hydrogen (secondary N) is 1. The molecule has 0 saturated carbocycles. The number of anilines is 3. The topological polar surface area (TPSA) is 35.8 Å². The van der Waals surface area contributed by atoms with Gasteiger partial charge in [-0.1, -0.05) is 63.2 Å². The van der Waals surface area contributed by atoms with Crippen LogP contribution in [0.3, 0.4) is 0 Å². The molecule has 0 amide bonds. The zero-order chi connectivity index (χ0) is 25.6. The van der Waals surface area contributed by atoms with E-state index in [0.29, 0.717) is 12.5 Å². The Bertz CT molecular complexity index is 1260. The summed E-state index contributed by atoms with van der Waals surface area (Å²) in [6.45, 7) is 9.80. The van der Waals surface area contributed by atoms with Crippen molar-refractivity contribution in [2.45, 2.75) is 59.2 Å². The maximum atomic E-state index is 13.8. The minimum atomic E-state index is -2.84. The van der Waals surface area contributed by atoms with E-state index >= 15 is 0 Å². The van der Waals surface area contributed by atoms with Gasteiger partial charge >= 0.3 is 0 Å². The predicted octanol–water partition coefficient (Wildman–Crippen LogP) is 6.60. The Labute approximate surface area is 212 Å². The number of fused-ring (bicyclic) bond motifs is 3. The Morgan fingerprint density at radius 2 is 1.78 bits per heavy atom. The van der Waals surface area contributed by atoms with Gasteiger partial charge in [0.25, 0.3) is 5.92 Å². The maximum Gasteiger partial charge on any atom is 0.270 e. The first-order chi connectivity index (χ1) is 17.2. The Balaban J connectivity index is 1.62. The molecule has 0 bridgehead atoms. The van der Waals surface area contributed by atoms with Crippen molar-refractivity contribution in [2.75, 3.05) is 23.8 Å². The third-order valence-electron chi connectivity index (χ3n) is 7.28. The smallest absolute Gasteiger partial charge is 0.270 e. The number of aromatic nitrogens is 1. The number of para-hydroxylation sites is 1. The fraction of sp³-hybridized carbons (Fsp3) is 0.414. The second-order valence-corrected chi connectivity index (χ2v) is 10.3. The van der Waals surface area contributed by atoms with Gasteiger partial charge in [0.1, 0.15) is 5.82 Å². The van der Waals surface area contributed by atoms with Crippen LogP contribution in [0.1, 0.15) is 50.1 Å². The lowest BCUT2D eigenvalue weighted by Crippen LogP contribution is -2.44. The second-order valence-electron chi connectivity index (χ2n) is 10.3. The van der Waals surface area contributed by atoms with Gasteiger partial charge in [0.2, 0.25) is 5.96 Å². The van der Waals surface area contributed by atoms with Crippen molar-refractivity contribution >= 4 is 23.2 Å². The number of aliphatic imine (C=N–C) groups is 1. The van der Waals surface area contributed by atoms with Crippen LogP contribution >= 0.6 is 0 Å². The lowest BCUT2D eigenvalue weighted by atomic mass is 10.0. The summed E-state index contributed by atoms with van der Waals surface area (Å²) in [5.74, 6) is -0.294. The van der Waals surface area contributed by atoms with Crippen molar-refractivity contribution in [3.8, 4) is 0 Å². The molecule has 0 spiro atoms. The van der Waals surface area contributed by atoms with Crippen LogP contribution in [0.4, 0.5) is 26.0 Å². The van der Waals surface area contributed by atoms with Crippen molar-refractivity contribution < 1.29 is 8.78 Å². The number of halogens is 2. The zero-order valence-electron chi connectivity index (χ0n) is 21.7. The molecule has 190 valence electrons. The molecule has 1 atom stereocenters. The summed E-state index contributed by atoms with van der Waals surface area (Å²) in [6.07, 6.45) is 0.851. The molecule has 2 aliphatic heterocycles. The van der Waals surface area contributed by atoms with Gasteiger partial charge in [-0.2, -0.15) is 0 Å². The van der Waals surface area contributed by atoms with Gasteiger partial charge in [-0.05, 0) is 30.0 Å². The first-order valence-electron chi connectivity index (χ1n) is 12.8. The van der Waals surface area contributed by atoms with Gasteiger partial charge < -0.3 is 19.7 Å². The summed E-state index contributed by atoms with van der Waals surface area (Å²) in [4.78, 5) is 9.70. The van der Waals surface area contributed by atoms with Gasteiger partial charge in [0.15, 0.2) is 0 Å². The molecule has 1 N–H and O–H groups in total. The number of nitrogens with zero attached hydrogens (tertiary/aromatic N) is 4. The highest BCUT2D eigenvalue weighted by Crippen LogP contribution is 2.43. The second kappa shape index (κ2) is 9.26. The largest absolute Gasteiger partial charge is 0.341 e. The monoisotopic (exact) mass is 491 g/mol. The van der Waals surface area contributed by atoms with Crippen LogP contribution in [0.15, 0.2) is 59.6 Å². The fourth-order valence-electron chi connectivity index (χ4n) is 5.29. The number of benzene rings is 2. The SMILES string of the molecule is CCc1c2c(c(Nc3ccccc3)n1Cc1ccc(C(C)(F)F)cc1)CN(C)C1=N[C@H](C(C)C)CN12. The van der Waals surface area contributed by atoms with Crippen molar-refractivity contribution in [2.24, 2.45) is 10.9 Å². The van der Waals surface area contributed by atoms with Crippen molar-refractivity contribution in [1.29, 1.82) is 0 Å². The van der Waals surface area contributed by atoms with Gasteiger partial charge in [-0.15, -0.1) is 0 Å². The third kappa shape index (κ3) is 4.36. The first-order valence-corrected chi connectivity index (χ1v) is 12.8. The third-order valence-corrected chi connectivity index (χ3v) is 7.28. The van der Waals surface area contributed by atoms with E-state index in [2.05, 4.69) is 59.6 Å². The van der Waals surface area contributed by atoms with Gasteiger partial charge in [-0.25, -0.2) is 13.8 Å². The van der Waals surface area contributed by atoms with E-state index in [0.717, 1.165) is 49.5 Å². The molecule has 2 aliphatic rings. The molecule has 0 radical (unpaired) electrons. The molecule has 5 rings (SSSR count).